The Morgan fingerprint density at radius 2 is 1.82 bits per heavy atom. The van der Waals surface area contributed by atoms with E-state index in [1.54, 1.807) is 43.5 Å². The van der Waals surface area contributed by atoms with Gasteiger partial charge in [0.2, 0.25) is 0 Å². The topological polar surface area (TPSA) is 80.6 Å². The van der Waals surface area contributed by atoms with Crippen molar-refractivity contribution in [1.82, 2.24) is 0 Å². The van der Waals surface area contributed by atoms with E-state index in [0.29, 0.717) is 46.2 Å². The van der Waals surface area contributed by atoms with E-state index in [-0.39, 0.29) is 5.57 Å². The van der Waals surface area contributed by atoms with Crippen LogP contribution in [0.25, 0.3) is 6.08 Å². The van der Waals surface area contributed by atoms with E-state index in [9.17, 15) is 10.1 Å². The molecule has 0 saturated carbocycles. The third-order valence-electron chi connectivity index (χ3n) is 4.65. The highest BCUT2D eigenvalue weighted by molar-refractivity contribution is 14.1. The van der Waals surface area contributed by atoms with Crippen LogP contribution in [0.2, 0.25) is 0 Å². The summed E-state index contributed by atoms with van der Waals surface area (Å²) >= 11 is 5.80. The maximum absolute atomic E-state index is 12.6. The molecule has 0 spiro atoms. The van der Waals surface area contributed by atoms with E-state index in [4.69, 9.17) is 14.2 Å². The zero-order valence-electron chi connectivity index (χ0n) is 18.6. The first-order valence-electron chi connectivity index (χ1n) is 10.3. The van der Waals surface area contributed by atoms with Gasteiger partial charge in [-0.25, -0.2) is 0 Å². The lowest BCUT2D eigenvalue weighted by molar-refractivity contribution is -0.112. The SMILES string of the molecule is CCOc1cc(/C=C(\C#N)C(=O)Nc2ccc(OC)cc2)cc(Br)c1OCc1ccc(I)cc1. The summed E-state index contributed by atoms with van der Waals surface area (Å²) < 4.78 is 18.7. The molecule has 3 aromatic rings. The number of hydrogen-bond acceptors (Lipinski definition) is 5. The second-order valence-electron chi connectivity index (χ2n) is 7.03. The Bertz CT molecular complexity index is 1220. The van der Waals surface area contributed by atoms with Gasteiger partial charge in [0.25, 0.3) is 5.91 Å². The van der Waals surface area contributed by atoms with Crippen molar-refractivity contribution in [3.8, 4) is 23.3 Å². The van der Waals surface area contributed by atoms with Crippen LogP contribution in [0.3, 0.4) is 0 Å². The van der Waals surface area contributed by atoms with Gasteiger partial charge in [0.1, 0.15) is 24.0 Å². The molecular formula is C26H22BrIN2O4. The molecular weight excluding hydrogens is 611 g/mol. The highest BCUT2D eigenvalue weighted by Gasteiger charge is 2.15. The molecule has 0 aromatic heterocycles. The van der Waals surface area contributed by atoms with Crippen LogP contribution in [0.15, 0.2) is 70.7 Å². The second-order valence-corrected chi connectivity index (χ2v) is 9.13. The summed E-state index contributed by atoms with van der Waals surface area (Å²) in [7, 11) is 1.57. The molecule has 0 unspecified atom stereocenters. The van der Waals surface area contributed by atoms with E-state index in [1.807, 2.05) is 37.3 Å². The molecule has 0 bridgehead atoms. The van der Waals surface area contributed by atoms with Gasteiger partial charge in [-0.1, -0.05) is 12.1 Å². The van der Waals surface area contributed by atoms with Crippen molar-refractivity contribution in [3.63, 3.8) is 0 Å². The fourth-order valence-corrected chi connectivity index (χ4v) is 3.93. The minimum atomic E-state index is -0.513. The number of amides is 1. The predicted molar refractivity (Wildman–Crippen MR) is 144 cm³/mol. The average molecular weight is 633 g/mol. The number of ether oxygens (including phenoxy) is 3. The molecule has 0 aliphatic rings. The van der Waals surface area contributed by atoms with Gasteiger partial charge in [0.15, 0.2) is 11.5 Å². The number of halogens is 2. The van der Waals surface area contributed by atoms with Crippen LogP contribution >= 0.6 is 38.5 Å². The molecule has 0 atom stereocenters. The second kappa shape index (κ2) is 12.4. The molecule has 0 aliphatic heterocycles. The van der Waals surface area contributed by atoms with Crippen LogP contribution in [0.4, 0.5) is 5.69 Å². The Morgan fingerprint density at radius 1 is 1.12 bits per heavy atom. The largest absolute Gasteiger partial charge is 0.497 e. The number of nitrogens with one attached hydrogen (secondary N) is 1. The lowest BCUT2D eigenvalue weighted by Gasteiger charge is -2.15. The zero-order chi connectivity index (χ0) is 24.5. The Hall–Kier alpha value is -3.03. The number of anilines is 1. The number of carbonyl (C=O) groups is 1. The third-order valence-corrected chi connectivity index (χ3v) is 5.96. The maximum Gasteiger partial charge on any atom is 0.266 e. The molecule has 3 rings (SSSR count). The highest BCUT2D eigenvalue weighted by Crippen LogP contribution is 2.38. The van der Waals surface area contributed by atoms with Crippen molar-refractivity contribution >= 4 is 56.2 Å². The molecule has 1 amide bonds. The molecule has 0 aliphatic carbocycles. The smallest absolute Gasteiger partial charge is 0.266 e. The molecule has 0 heterocycles. The predicted octanol–water partition coefficient (Wildman–Crippen LogP) is 6.59. The number of nitriles is 1. The third kappa shape index (κ3) is 6.98. The van der Waals surface area contributed by atoms with E-state index >= 15 is 0 Å². The molecule has 34 heavy (non-hydrogen) atoms. The summed E-state index contributed by atoms with van der Waals surface area (Å²) in [4.78, 5) is 12.6. The van der Waals surface area contributed by atoms with E-state index in [0.717, 1.165) is 9.13 Å². The Labute approximate surface area is 220 Å². The Morgan fingerprint density at radius 3 is 2.44 bits per heavy atom. The van der Waals surface area contributed by atoms with E-state index in [2.05, 4.69) is 43.8 Å². The fraction of sp³-hybridized carbons (Fsp3) is 0.154. The number of nitrogens with zero attached hydrogens (tertiary/aromatic N) is 1. The quantitative estimate of drug-likeness (QED) is 0.164. The van der Waals surface area contributed by atoms with Gasteiger partial charge in [-0.3, -0.25) is 4.79 Å². The van der Waals surface area contributed by atoms with Crippen molar-refractivity contribution < 1.29 is 19.0 Å². The first-order chi connectivity index (χ1) is 16.4. The summed E-state index contributed by atoms with van der Waals surface area (Å²) in [6.07, 6.45) is 1.51. The molecule has 1 N–H and O–H groups in total. The molecule has 6 nitrogen and oxygen atoms in total. The monoisotopic (exact) mass is 632 g/mol. The normalized spacial score (nSPS) is 10.9. The fourth-order valence-electron chi connectivity index (χ4n) is 3.00. The van der Waals surface area contributed by atoms with Gasteiger partial charge in [-0.2, -0.15) is 5.26 Å². The number of benzene rings is 3. The standard InChI is InChI=1S/C26H22BrIN2O4/c1-3-33-24-14-18(13-23(27)25(24)34-16-17-4-6-20(28)7-5-17)12-19(15-29)26(31)30-21-8-10-22(32-2)11-9-21/h4-14H,3,16H2,1-2H3,(H,30,31)/b19-12+. The molecule has 0 saturated heterocycles. The molecule has 8 heteroatoms. The number of methoxy groups -OCH3 is 1. The summed E-state index contributed by atoms with van der Waals surface area (Å²) in [6, 6.07) is 20.4. The van der Waals surface area contributed by atoms with Crippen molar-refractivity contribution in [1.29, 1.82) is 5.26 Å². The van der Waals surface area contributed by atoms with Crippen LogP contribution in [0, 0.1) is 14.9 Å². The molecule has 3 aromatic carbocycles. The van der Waals surface area contributed by atoms with Crippen LogP contribution in [0.5, 0.6) is 17.2 Å². The van der Waals surface area contributed by atoms with Crippen LogP contribution in [-0.4, -0.2) is 19.6 Å². The van der Waals surface area contributed by atoms with Crippen molar-refractivity contribution in [2.45, 2.75) is 13.5 Å². The van der Waals surface area contributed by atoms with Crippen molar-refractivity contribution in [3.05, 3.63) is 85.4 Å². The van der Waals surface area contributed by atoms with Crippen LogP contribution in [-0.2, 0) is 11.4 Å². The van der Waals surface area contributed by atoms with Crippen LogP contribution < -0.4 is 19.5 Å². The molecule has 0 fully saturated rings. The van der Waals surface area contributed by atoms with Gasteiger partial charge < -0.3 is 19.5 Å². The summed E-state index contributed by atoms with van der Waals surface area (Å²) in [6.45, 7) is 2.68. The van der Waals surface area contributed by atoms with E-state index in [1.165, 1.54) is 6.08 Å². The summed E-state index contributed by atoms with van der Waals surface area (Å²) in [5.74, 6) is 1.23. The lowest BCUT2D eigenvalue weighted by Crippen LogP contribution is -2.13. The van der Waals surface area contributed by atoms with E-state index < -0.39 is 5.91 Å². The van der Waals surface area contributed by atoms with Gasteiger partial charge in [0, 0.05) is 9.26 Å². The number of carbonyl (C=O) groups excluding carboxylic acids is 1. The maximum atomic E-state index is 12.6. The van der Waals surface area contributed by atoms with Crippen molar-refractivity contribution in [2.24, 2.45) is 0 Å². The zero-order valence-corrected chi connectivity index (χ0v) is 22.3. The van der Waals surface area contributed by atoms with Gasteiger partial charge in [-0.05, 0) is 111 Å². The number of hydrogen-bond donors (Lipinski definition) is 1. The summed E-state index contributed by atoms with van der Waals surface area (Å²) in [5, 5.41) is 12.3. The van der Waals surface area contributed by atoms with Crippen molar-refractivity contribution in [2.75, 3.05) is 19.0 Å². The Balaban J connectivity index is 1.81. The highest BCUT2D eigenvalue weighted by atomic mass is 127. The minimum absolute atomic E-state index is 0.0438. The van der Waals surface area contributed by atoms with Gasteiger partial charge in [0.05, 0.1) is 18.2 Å². The first kappa shape index (κ1) is 25.6. The van der Waals surface area contributed by atoms with Gasteiger partial charge >= 0.3 is 0 Å². The van der Waals surface area contributed by atoms with Crippen LogP contribution in [0.1, 0.15) is 18.1 Å². The molecule has 174 valence electrons. The Kier molecular flexibility index (Phi) is 9.36. The lowest BCUT2D eigenvalue weighted by atomic mass is 10.1. The molecule has 0 radical (unpaired) electrons. The van der Waals surface area contributed by atoms with Gasteiger partial charge in [-0.15, -0.1) is 0 Å². The average Bonchev–Trinajstić information content (AvgIpc) is 2.83. The first-order valence-corrected chi connectivity index (χ1v) is 12.2. The minimum Gasteiger partial charge on any atom is -0.497 e. The number of rotatable bonds is 9. The summed E-state index contributed by atoms with van der Waals surface area (Å²) in [5.41, 5.74) is 2.17.